The van der Waals surface area contributed by atoms with Gasteiger partial charge in [0.1, 0.15) is 11.4 Å². The fraction of sp³-hybridized carbons (Fsp3) is 0.125. The van der Waals surface area contributed by atoms with Gasteiger partial charge < -0.3 is 10.0 Å². The molecule has 0 atom stereocenters. The van der Waals surface area contributed by atoms with E-state index in [1.165, 1.54) is 36.5 Å². The largest absolute Gasteiger partial charge is 0.508 e. The van der Waals surface area contributed by atoms with Crippen LogP contribution in [0.3, 0.4) is 0 Å². The van der Waals surface area contributed by atoms with Gasteiger partial charge in [0.25, 0.3) is 11.6 Å². The van der Waals surface area contributed by atoms with Crippen molar-refractivity contribution in [3.63, 3.8) is 0 Å². The standard InChI is InChI=1S/C16H16N4O4/c1-19(2)14-7-6-11(8-15(14)20(23)24)10-17-18-16(22)12-4-3-5-13(21)9-12/h3-10,21H,1-2H3,(H,18,22)/b17-10-. The molecule has 2 N–H and O–H groups in total. The third-order valence-corrected chi connectivity index (χ3v) is 3.17. The molecule has 0 unspecified atom stereocenters. The molecule has 0 aliphatic carbocycles. The van der Waals surface area contributed by atoms with Gasteiger partial charge in [-0.2, -0.15) is 5.10 Å². The van der Waals surface area contributed by atoms with Gasteiger partial charge >= 0.3 is 0 Å². The van der Waals surface area contributed by atoms with Gasteiger partial charge in [-0.15, -0.1) is 0 Å². The van der Waals surface area contributed by atoms with Crippen LogP contribution in [-0.2, 0) is 0 Å². The minimum Gasteiger partial charge on any atom is -0.508 e. The van der Waals surface area contributed by atoms with Gasteiger partial charge in [-0.1, -0.05) is 12.1 Å². The molecule has 8 nitrogen and oxygen atoms in total. The van der Waals surface area contributed by atoms with Gasteiger partial charge in [-0.25, -0.2) is 5.43 Å². The van der Waals surface area contributed by atoms with Crippen LogP contribution in [0, 0.1) is 10.1 Å². The summed E-state index contributed by atoms with van der Waals surface area (Å²) in [4.78, 5) is 24.1. The molecular weight excluding hydrogens is 312 g/mol. The van der Waals surface area contributed by atoms with Crippen molar-refractivity contribution in [1.29, 1.82) is 0 Å². The fourth-order valence-corrected chi connectivity index (χ4v) is 2.02. The third-order valence-electron chi connectivity index (χ3n) is 3.17. The highest BCUT2D eigenvalue weighted by atomic mass is 16.6. The zero-order valence-electron chi connectivity index (χ0n) is 13.1. The van der Waals surface area contributed by atoms with Crippen LogP contribution in [0.1, 0.15) is 15.9 Å². The van der Waals surface area contributed by atoms with Crippen LogP contribution in [0.5, 0.6) is 5.75 Å². The SMILES string of the molecule is CN(C)c1ccc(/C=N\NC(=O)c2cccc(O)c2)cc1[N+](=O)[O-]. The van der Waals surface area contributed by atoms with Crippen LogP contribution < -0.4 is 10.3 Å². The van der Waals surface area contributed by atoms with E-state index in [4.69, 9.17) is 0 Å². The Morgan fingerprint density at radius 3 is 2.67 bits per heavy atom. The van der Waals surface area contributed by atoms with E-state index in [-0.39, 0.29) is 17.0 Å². The van der Waals surface area contributed by atoms with Crippen molar-refractivity contribution in [3.8, 4) is 5.75 Å². The monoisotopic (exact) mass is 328 g/mol. The lowest BCUT2D eigenvalue weighted by atomic mass is 10.2. The number of hydrogen-bond donors (Lipinski definition) is 2. The van der Waals surface area contributed by atoms with E-state index in [0.717, 1.165) is 0 Å². The number of nitrogens with zero attached hydrogens (tertiary/aromatic N) is 3. The van der Waals surface area contributed by atoms with Crippen LogP contribution in [-0.4, -0.2) is 36.2 Å². The third kappa shape index (κ3) is 4.07. The van der Waals surface area contributed by atoms with E-state index >= 15 is 0 Å². The highest BCUT2D eigenvalue weighted by molar-refractivity contribution is 5.95. The summed E-state index contributed by atoms with van der Waals surface area (Å²) in [5, 5.41) is 24.2. The minimum atomic E-state index is -0.499. The number of carbonyl (C=O) groups excluding carboxylic acids is 1. The molecule has 8 heteroatoms. The second kappa shape index (κ2) is 7.23. The topological polar surface area (TPSA) is 108 Å². The summed E-state index contributed by atoms with van der Waals surface area (Å²) in [5.41, 5.74) is 3.45. The molecule has 1 amide bonds. The molecule has 2 aromatic carbocycles. The molecule has 0 bridgehead atoms. The highest BCUT2D eigenvalue weighted by Gasteiger charge is 2.15. The first-order chi connectivity index (χ1) is 11.4. The summed E-state index contributed by atoms with van der Waals surface area (Å²) in [6, 6.07) is 10.5. The number of hydrazone groups is 1. The Labute approximate surface area is 138 Å². The van der Waals surface area contributed by atoms with E-state index in [1.807, 2.05) is 0 Å². The lowest BCUT2D eigenvalue weighted by molar-refractivity contribution is -0.384. The summed E-state index contributed by atoms with van der Waals surface area (Å²) >= 11 is 0. The zero-order chi connectivity index (χ0) is 17.7. The number of phenolic OH excluding ortho intramolecular Hbond substituents is 1. The molecule has 0 aliphatic heterocycles. The van der Waals surface area contributed by atoms with Crippen molar-refractivity contribution < 1.29 is 14.8 Å². The maximum atomic E-state index is 11.9. The van der Waals surface area contributed by atoms with Gasteiger partial charge in [0, 0.05) is 31.3 Å². The van der Waals surface area contributed by atoms with Crippen LogP contribution in [0.2, 0.25) is 0 Å². The second-order valence-electron chi connectivity index (χ2n) is 5.15. The number of rotatable bonds is 5. The van der Waals surface area contributed by atoms with Crippen LogP contribution in [0.15, 0.2) is 47.6 Å². The van der Waals surface area contributed by atoms with Crippen molar-refractivity contribution in [2.24, 2.45) is 5.10 Å². The summed E-state index contributed by atoms with van der Waals surface area (Å²) in [5.74, 6) is -0.525. The molecule has 2 aromatic rings. The van der Waals surface area contributed by atoms with E-state index in [1.54, 1.807) is 31.1 Å². The molecule has 124 valence electrons. The molecule has 0 fully saturated rings. The van der Waals surface area contributed by atoms with Gasteiger partial charge in [0.05, 0.1) is 11.1 Å². The lowest BCUT2D eigenvalue weighted by Crippen LogP contribution is -2.17. The number of nitro groups is 1. The predicted octanol–water partition coefficient (Wildman–Crippen LogP) is 2.13. The Morgan fingerprint density at radius 2 is 2.04 bits per heavy atom. The number of benzene rings is 2. The molecule has 0 saturated carbocycles. The number of nitrogens with one attached hydrogen (secondary N) is 1. The molecule has 0 heterocycles. The van der Waals surface area contributed by atoms with Gasteiger partial charge in [-0.05, 0) is 24.3 Å². The van der Waals surface area contributed by atoms with Crippen LogP contribution in [0.25, 0.3) is 0 Å². The molecule has 0 aliphatic rings. The Bertz CT molecular complexity index is 802. The summed E-state index contributed by atoms with van der Waals surface area (Å²) in [6.45, 7) is 0. The number of amides is 1. The quantitative estimate of drug-likeness (QED) is 0.496. The summed E-state index contributed by atoms with van der Waals surface area (Å²) in [6.07, 6.45) is 1.31. The molecule has 0 aromatic heterocycles. The maximum Gasteiger partial charge on any atom is 0.293 e. The predicted molar refractivity (Wildman–Crippen MR) is 90.6 cm³/mol. The van der Waals surface area contributed by atoms with Crippen LogP contribution >= 0.6 is 0 Å². The second-order valence-corrected chi connectivity index (χ2v) is 5.15. The Hall–Kier alpha value is -3.42. The first-order valence-corrected chi connectivity index (χ1v) is 6.96. The number of nitro benzene ring substituents is 1. The molecule has 2 rings (SSSR count). The van der Waals surface area contributed by atoms with Crippen molar-refractivity contribution in [1.82, 2.24) is 5.43 Å². The first kappa shape index (κ1) is 16.9. The number of hydrogen-bond acceptors (Lipinski definition) is 6. The average molecular weight is 328 g/mol. The van der Waals surface area contributed by atoms with Gasteiger partial charge in [-0.3, -0.25) is 14.9 Å². The van der Waals surface area contributed by atoms with E-state index in [9.17, 15) is 20.0 Å². The maximum absolute atomic E-state index is 11.9. The first-order valence-electron chi connectivity index (χ1n) is 6.96. The molecule has 0 spiro atoms. The normalized spacial score (nSPS) is 10.6. The number of aromatic hydroxyl groups is 1. The molecule has 0 radical (unpaired) electrons. The Kier molecular flexibility index (Phi) is 5.10. The summed E-state index contributed by atoms with van der Waals surface area (Å²) in [7, 11) is 3.43. The van der Waals surface area contributed by atoms with Gasteiger partial charge in [0.15, 0.2) is 0 Å². The number of phenols is 1. The van der Waals surface area contributed by atoms with Gasteiger partial charge in [0.2, 0.25) is 0 Å². The van der Waals surface area contributed by atoms with Crippen molar-refractivity contribution in [3.05, 3.63) is 63.7 Å². The van der Waals surface area contributed by atoms with Crippen molar-refractivity contribution in [2.45, 2.75) is 0 Å². The zero-order valence-corrected chi connectivity index (χ0v) is 13.1. The number of carbonyl (C=O) groups is 1. The smallest absolute Gasteiger partial charge is 0.293 e. The van der Waals surface area contributed by atoms with E-state index < -0.39 is 10.8 Å². The van der Waals surface area contributed by atoms with Crippen LogP contribution in [0.4, 0.5) is 11.4 Å². The minimum absolute atomic E-state index is 0.0264. The van der Waals surface area contributed by atoms with E-state index in [2.05, 4.69) is 10.5 Å². The average Bonchev–Trinajstić information content (AvgIpc) is 2.54. The van der Waals surface area contributed by atoms with Crippen molar-refractivity contribution in [2.75, 3.05) is 19.0 Å². The summed E-state index contributed by atoms with van der Waals surface area (Å²) < 4.78 is 0. The highest BCUT2D eigenvalue weighted by Crippen LogP contribution is 2.27. The molecule has 24 heavy (non-hydrogen) atoms. The number of anilines is 1. The van der Waals surface area contributed by atoms with Crippen molar-refractivity contribution >= 4 is 23.5 Å². The van der Waals surface area contributed by atoms with E-state index in [0.29, 0.717) is 11.3 Å². The Balaban J connectivity index is 2.13. The fourth-order valence-electron chi connectivity index (χ4n) is 2.02. The molecule has 0 saturated heterocycles. The molecular formula is C16H16N4O4. The lowest BCUT2D eigenvalue weighted by Gasteiger charge is -2.12. The Morgan fingerprint density at radius 1 is 1.29 bits per heavy atom.